The predicted molar refractivity (Wildman–Crippen MR) is 137 cm³/mol. The molecule has 0 bridgehead atoms. The summed E-state index contributed by atoms with van der Waals surface area (Å²) in [5.41, 5.74) is 3.49. The topological polar surface area (TPSA) is 58.6 Å². The van der Waals surface area contributed by atoms with Crippen molar-refractivity contribution in [1.29, 1.82) is 0 Å². The van der Waals surface area contributed by atoms with Crippen molar-refractivity contribution in [2.45, 2.75) is 90.3 Å². The first-order valence-electron chi connectivity index (χ1n) is 12.5. The SMILES string of the molecule is COc1ccc(CN(C(=O)CCc2ccc(C(C)(C)C)cc2)[C@H](C)C(=O)NC2CCCC2)cc1. The molecule has 1 N–H and O–H groups in total. The largest absolute Gasteiger partial charge is 0.497 e. The summed E-state index contributed by atoms with van der Waals surface area (Å²) in [6, 6.07) is 15.9. The van der Waals surface area contributed by atoms with E-state index in [2.05, 4.69) is 50.4 Å². The maximum absolute atomic E-state index is 13.4. The number of ether oxygens (including phenoxy) is 1. The van der Waals surface area contributed by atoms with E-state index in [0.29, 0.717) is 19.4 Å². The first kappa shape index (κ1) is 25.8. The van der Waals surface area contributed by atoms with Crippen LogP contribution in [0.15, 0.2) is 48.5 Å². The van der Waals surface area contributed by atoms with Gasteiger partial charge in [0.05, 0.1) is 7.11 Å². The van der Waals surface area contributed by atoms with Gasteiger partial charge in [-0.3, -0.25) is 9.59 Å². The Morgan fingerprint density at radius 1 is 1.00 bits per heavy atom. The van der Waals surface area contributed by atoms with Gasteiger partial charge in [-0.25, -0.2) is 0 Å². The second kappa shape index (κ2) is 11.5. The van der Waals surface area contributed by atoms with Crippen molar-refractivity contribution in [2.24, 2.45) is 0 Å². The molecule has 0 radical (unpaired) electrons. The van der Waals surface area contributed by atoms with Crippen LogP contribution in [-0.2, 0) is 28.0 Å². The second-order valence-electron chi connectivity index (χ2n) is 10.5. The summed E-state index contributed by atoms with van der Waals surface area (Å²) in [6.45, 7) is 8.82. The van der Waals surface area contributed by atoms with E-state index in [9.17, 15) is 9.59 Å². The van der Waals surface area contributed by atoms with Crippen LogP contribution < -0.4 is 10.1 Å². The molecular weight excluding hydrogens is 424 g/mol. The molecule has 1 aliphatic carbocycles. The normalized spacial score (nSPS) is 15.1. The molecule has 1 saturated carbocycles. The molecule has 0 aromatic heterocycles. The minimum atomic E-state index is -0.529. The van der Waals surface area contributed by atoms with Crippen molar-refractivity contribution in [1.82, 2.24) is 10.2 Å². The molecule has 1 aliphatic rings. The van der Waals surface area contributed by atoms with E-state index >= 15 is 0 Å². The molecule has 0 saturated heterocycles. The molecule has 0 aliphatic heterocycles. The van der Waals surface area contributed by atoms with E-state index in [1.807, 2.05) is 31.2 Å². The molecule has 0 heterocycles. The lowest BCUT2D eigenvalue weighted by molar-refractivity contribution is -0.140. The zero-order valence-electron chi connectivity index (χ0n) is 21.4. The Balaban J connectivity index is 1.70. The average molecular weight is 465 g/mol. The molecule has 184 valence electrons. The van der Waals surface area contributed by atoms with Crippen molar-refractivity contribution in [3.05, 3.63) is 65.2 Å². The van der Waals surface area contributed by atoms with Crippen molar-refractivity contribution in [3.8, 4) is 5.75 Å². The molecule has 2 amide bonds. The zero-order chi connectivity index (χ0) is 24.7. The van der Waals surface area contributed by atoms with Crippen LogP contribution in [0.5, 0.6) is 5.75 Å². The number of rotatable bonds is 9. The number of methoxy groups -OCH3 is 1. The molecule has 1 fully saturated rings. The molecule has 0 unspecified atom stereocenters. The van der Waals surface area contributed by atoms with Crippen molar-refractivity contribution < 1.29 is 14.3 Å². The molecule has 0 spiro atoms. The summed E-state index contributed by atoms with van der Waals surface area (Å²) in [5.74, 6) is 0.695. The Bertz CT molecular complexity index is 939. The monoisotopic (exact) mass is 464 g/mol. The van der Waals surface area contributed by atoms with Gasteiger partial charge in [-0.05, 0) is 60.4 Å². The van der Waals surface area contributed by atoms with Gasteiger partial charge in [0.2, 0.25) is 11.8 Å². The van der Waals surface area contributed by atoms with Gasteiger partial charge in [-0.2, -0.15) is 0 Å². The van der Waals surface area contributed by atoms with Crippen LogP contribution in [-0.4, -0.2) is 35.9 Å². The molecule has 2 aromatic rings. The van der Waals surface area contributed by atoms with Crippen LogP contribution in [0.3, 0.4) is 0 Å². The average Bonchev–Trinajstić information content (AvgIpc) is 3.33. The number of nitrogens with zero attached hydrogens (tertiary/aromatic N) is 1. The number of benzene rings is 2. The van der Waals surface area contributed by atoms with Gasteiger partial charge in [0.25, 0.3) is 0 Å². The van der Waals surface area contributed by atoms with Crippen LogP contribution >= 0.6 is 0 Å². The lowest BCUT2D eigenvalue weighted by atomic mass is 9.86. The number of amides is 2. The summed E-state index contributed by atoms with van der Waals surface area (Å²) >= 11 is 0. The summed E-state index contributed by atoms with van der Waals surface area (Å²) < 4.78 is 5.25. The van der Waals surface area contributed by atoms with Gasteiger partial charge < -0.3 is 15.0 Å². The first-order chi connectivity index (χ1) is 16.2. The number of nitrogens with one attached hydrogen (secondary N) is 1. The molecule has 34 heavy (non-hydrogen) atoms. The number of hydrogen-bond donors (Lipinski definition) is 1. The third-order valence-corrected chi connectivity index (χ3v) is 6.83. The summed E-state index contributed by atoms with van der Waals surface area (Å²) in [6.07, 6.45) is 5.37. The minimum absolute atomic E-state index is 0.00946. The highest BCUT2D eigenvalue weighted by atomic mass is 16.5. The van der Waals surface area contributed by atoms with E-state index in [1.165, 1.54) is 5.56 Å². The summed E-state index contributed by atoms with van der Waals surface area (Å²) in [4.78, 5) is 28.1. The lowest BCUT2D eigenvalue weighted by Crippen LogP contribution is -2.49. The summed E-state index contributed by atoms with van der Waals surface area (Å²) in [7, 11) is 1.63. The predicted octanol–water partition coefficient (Wildman–Crippen LogP) is 5.40. The second-order valence-corrected chi connectivity index (χ2v) is 10.5. The van der Waals surface area contributed by atoms with E-state index < -0.39 is 6.04 Å². The smallest absolute Gasteiger partial charge is 0.242 e. The number of hydrogen-bond acceptors (Lipinski definition) is 3. The molecule has 2 aromatic carbocycles. The number of carbonyl (C=O) groups is 2. The maximum atomic E-state index is 13.4. The van der Waals surface area contributed by atoms with Gasteiger partial charge >= 0.3 is 0 Å². The Kier molecular flexibility index (Phi) is 8.76. The molecule has 1 atom stereocenters. The van der Waals surface area contributed by atoms with Crippen molar-refractivity contribution >= 4 is 11.8 Å². The van der Waals surface area contributed by atoms with Crippen LogP contribution in [0, 0.1) is 0 Å². The molecule has 5 heteroatoms. The Morgan fingerprint density at radius 2 is 1.59 bits per heavy atom. The van der Waals surface area contributed by atoms with Crippen LogP contribution in [0.25, 0.3) is 0 Å². The molecular formula is C29H40N2O3. The van der Waals surface area contributed by atoms with Crippen molar-refractivity contribution in [2.75, 3.05) is 7.11 Å². The maximum Gasteiger partial charge on any atom is 0.242 e. The fourth-order valence-electron chi connectivity index (χ4n) is 4.47. The molecule has 3 rings (SSSR count). The van der Waals surface area contributed by atoms with E-state index in [1.54, 1.807) is 12.0 Å². The van der Waals surface area contributed by atoms with Crippen LogP contribution in [0.4, 0.5) is 0 Å². The lowest BCUT2D eigenvalue weighted by Gasteiger charge is -2.30. The van der Waals surface area contributed by atoms with Gasteiger partial charge in [0.1, 0.15) is 11.8 Å². The summed E-state index contributed by atoms with van der Waals surface area (Å²) in [5, 5.41) is 3.16. The Morgan fingerprint density at radius 3 is 2.15 bits per heavy atom. The highest BCUT2D eigenvalue weighted by Crippen LogP contribution is 2.23. The highest BCUT2D eigenvalue weighted by Gasteiger charge is 2.28. The first-order valence-corrected chi connectivity index (χ1v) is 12.5. The minimum Gasteiger partial charge on any atom is -0.497 e. The number of carbonyl (C=O) groups excluding carboxylic acids is 2. The van der Waals surface area contributed by atoms with Crippen molar-refractivity contribution in [3.63, 3.8) is 0 Å². The Hall–Kier alpha value is -2.82. The zero-order valence-corrected chi connectivity index (χ0v) is 21.4. The highest BCUT2D eigenvalue weighted by molar-refractivity contribution is 5.87. The standard InChI is InChI=1S/C29H40N2O3/c1-21(28(33)30-25-8-6-7-9-25)31(20-23-12-17-26(34-5)18-13-23)27(32)19-14-22-10-15-24(16-11-22)29(2,3)4/h10-13,15-18,21,25H,6-9,14,19-20H2,1-5H3,(H,30,33)/t21-/m1/s1. The van der Waals surface area contributed by atoms with E-state index in [0.717, 1.165) is 42.6 Å². The number of aryl methyl sites for hydroxylation is 1. The van der Waals surface area contributed by atoms with Crippen LogP contribution in [0.2, 0.25) is 0 Å². The third kappa shape index (κ3) is 7.09. The quantitative estimate of drug-likeness (QED) is 0.540. The molecule has 5 nitrogen and oxygen atoms in total. The van der Waals surface area contributed by atoms with E-state index in [-0.39, 0.29) is 23.3 Å². The fraction of sp³-hybridized carbons (Fsp3) is 0.517. The van der Waals surface area contributed by atoms with Gasteiger partial charge in [-0.1, -0.05) is 70.0 Å². The van der Waals surface area contributed by atoms with Gasteiger partial charge in [0.15, 0.2) is 0 Å². The van der Waals surface area contributed by atoms with Gasteiger partial charge in [0, 0.05) is 19.0 Å². The van der Waals surface area contributed by atoms with Gasteiger partial charge in [-0.15, -0.1) is 0 Å². The third-order valence-electron chi connectivity index (χ3n) is 6.83. The fourth-order valence-corrected chi connectivity index (χ4v) is 4.47. The Labute approximate surface area is 204 Å². The van der Waals surface area contributed by atoms with E-state index in [4.69, 9.17) is 4.74 Å². The van der Waals surface area contributed by atoms with Crippen LogP contribution in [0.1, 0.15) is 76.5 Å².